The molecule has 0 aliphatic carbocycles. The predicted octanol–water partition coefficient (Wildman–Crippen LogP) is 2.56. The van der Waals surface area contributed by atoms with E-state index in [1.807, 2.05) is 6.20 Å². The number of aromatic nitrogens is 1. The van der Waals surface area contributed by atoms with Crippen LogP contribution in [0, 0.1) is 0 Å². The van der Waals surface area contributed by atoms with Crippen molar-refractivity contribution in [3.8, 4) is 0 Å². The lowest BCUT2D eigenvalue weighted by Crippen LogP contribution is -2.47. The van der Waals surface area contributed by atoms with Crippen LogP contribution in [0.3, 0.4) is 0 Å². The maximum Gasteiger partial charge on any atom is 0.192 e. The van der Waals surface area contributed by atoms with Gasteiger partial charge in [-0.15, -0.1) is 11.3 Å². The molecule has 0 unspecified atom stereocenters. The SMILES string of the molecule is CCNC(=NCc1ncc(CC)s1)NC(C)(C)C. The molecule has 0 saturated heterocycles. The van der Waals surface area contributed by atoms with Gasteiger partial charge in [0, 0.05) is 23.2 Å². The normalized spacial score (nSPS) is 12.6. The zero-order chi connectivity index (χ0) is 13.6. The lowest BCUT2D eigenvalue weighted by atomic mass is 10.1. The maximum absolute atomic E-state index is 4.56. The van der Waals surface area contributed by atoms with E-state index in [1.165, 1.54) is 4.88 Å². The van der Waals surface area contributed by atoms with Crippen molar-refractivity contribution in [2.75, 3.05) is 6.54 Å². The molecule has 2 N–H and O–H groups in total. The van der Waals surface area contributed by atoms with Crippen LogP contribution < -0.4 is 10.6 Å². The standard InChI is InChI=1S/C13H24N4S/c1-6-10-8-15-11(18-10)9-16-12(14-7-2)17-13(3,4)5/h8H,6-7,9H2,1-5H3,(H2,14,16,17). The Bertz CT molecular complexity index is 390. The number of hydrogen-bond acceptors (Lipinski definition) is 3. The molecule has 0 radical (unpaired) electrons. The van der Waals surface area contributed by atoms with Crippen molar-refractivity contribution < 1.29 is 0 Å². The molecule has 1 heterocycles. The number of nitrogens with zero attached hydrogens (tertiary/aromatic N) is 2. The molecule has 0 aromatic carbocycles. The first-order chi connectivity index (χ1) is 8.44. The predicted molar refractivity (Wildman–Crippen MR) is 79.2 cm³/mol. The fraction of sp³-hybridized carbons (Fsp3) is 0.692. The van der Waals surface area contributed by atoms with Gasteiger partial charge in [0.15, 0.2) is 5.96 Å². The van der Waals surface area contributed by atoms with Crippen LogP contribution in [0.25, 0.3) is 0 Å². The maximum atomic E-state index is 4.56. The summed E-state index contributed by atoms with van der Waals surface area (Å²) in [4.78, 5) is 10.2. The quantitative estimate of drug-likeness (QED) is 0.652. The van der Waals surface area contributed by atoms with Gasteiger partial charge in [0.1, 0.15) is 5.01 Å². The smallest absolute Gasteiger partial charge is 0.192 e. The lowest BCUT2D eigenvalue weighted by molar-refractivity contribution is 0.501. The van der Waals surface area contributed by atoms with Gasteiger partial charge in [0.05, 0.1) is 6.54 Å². The Hall–Kier alpha value is -1.10. The summed E-state index contributed by atoms with van der Waals surface area (Å²) in [6.45, 7) is 12.1. The molecule has 0 atom stereocenters. The van der Waals surface area contributed by atoms with Crippen molar-refractivity contribution in [3.63, 3.8) is 0 Å². The zero-order valence-corrected chi connectivity index (χ0v) is 12.8. The van der Waals surface area contributed by atoms with E-state index < -0.39 is 0 Å². The molecule has 0 bridgehead atoms. The van der Waals surface area contributed by atoms with Gasteiger partial charge in [-0.1, -0.05) is 6.92 Å². The van der Waals surface area contributed by atoms with Crippen LogP contribution >= 0.6 is 11.3 Å². The number of aryl methyl sites for hydroxylation is 1. The molecule has 0 fully saturated rings. The summed E-state index contributed by atoms with van der Waals surface area (Å²) < 4.78 is 0. The van der Waals surface area contributed by atoms with Crippen LogP contribution in [0.5, 0.6) is 0 Å². The molecule has 0 aliphatic heterocycles. The molecule has 0 saturated carbocycles. The molecule has 18 heavy (non-hydrogen) atoms. The highest BCUT2D eigenvalue weighted by molar-refractivity contribution is 7.11. The van der Waals surface area contributed by atoms with Gasteiger partial charge in [-0.2, -0.15) is 0 Å². The zero-order valence-electron chi connectivity index (χ0n) is 12.0. The first-order valence-corrected chi connectivity index (χ1v) is 7.26. The van der Waals surface area contributed by atoms with Gasteiger partial charge in [-0.25, -0.2) is 9.98 Å². The summed E-state index contributed by atoms with van der Waals surface area (Å²) in [6.07, 6.45) is 2.99. The summed E-state index contributed by atoms with van der Waals surface area (Å²) in [6, 6.07) is 0. The summed E-state index contributed by atoms with van der Waals surface area (Å²) in [5.74, 6) is 0.846. The van der Waals surface area contributed by atoms with E-state index in [4.69, 9.17) is 0 Å². The molecule has 1 rings (SSSR count). The third-order valence-electron chi connectivity index (χ3n) is 2.16. The van der Waals surface area contributed by atoms with Gasteiger partial charge in [-0.05, 0) is 34.1 Å². The van der Waals surface area contributed by atoms with Crippen molar-refractivity contribution in [2.24, 2.45) is 4.99 Å². The first kappa shape index (κ1) is 15.0. The summed E-state index contributed by atoms with van der Waals surface area (Å²) in [7, 11) is 0. The van der Waals surface area contributed by atoms with Crippen molar-refractivity contribution in [3.05, 3.63) is 16.1 Å². The second kappa shape index (κ2) is 6.73. The van der Waals surface area contributed by atoms with Crippen molar-refractivity contribution in [2.45, 2.75) is 53.1 Å². The Morgan fingerprint density at radius 1 is 1.39 bits per heavy atom. The monoisotopic (exact) mass is 268 g/mol. The third kappa shape index (κ3) is 5.49. The van der Waals surface area contributed by atoms with E-state index in [2.05, 4.69) is 55.2 Å². The Kier molecular flexibility index (Phi) is 5.59. The Balaban J connectivity index is 2.64. The van der Waals surface area contributed by atoms with Gasteiger partial charge in [-0.3, -0.25) is 0 Å². The molecule has 4 nitrogen and oxygen atoms in total. The molecule has 0 amide bonds. The highest BCUT2D eigenvalue weighted by Gasteiger charge is 2.11. The van der Waals surface area contributed by atoms with E-state index in [9.17, 15) is 0 Å². The van der Waals surface area contributed by atoms with E-state index >= 15 is 0 Å². The minimum atomic E-state index is 0.0124. The van der Waals surface area contributed by atoms with Crippen molar-refractivity contribution in [1.82, 2.24) is 15.6 Å². The Morgan fingerprint density at radius 3 is 2.61 bits per heavy atom. The average molecular weight is 268 g/mol. The van der Waals surface area contributed by atoms with Crippen LogP contribution in [0.2, 0.25) is 0 Å². The number of hydrogen-bond donors (Lipinski definition) is 2. The van der Waals surface area contributed by atoms with E-state index in [1.54, 1.807) is 11.3 Å². The van der Waals surface area contributed by atoms with Crippen molar-refractivity contribution >= 4 is 17.3 Å². The number of rotatable bonds is 4. The molecule has 5 heteroatoms. The highest BCUT2D eigenvalue weighted by Crippen LogP contribution is 2.14. The second-order valence-corrected chi connectivity index (χ2v) is 6.34. The van der Waals surface area contributed by atoms with Crippen LogP contribution in [-0.2, 0) is 13.0 Å². The number of aliphatic imine (C=N–C) groups is 1. The Morgan fingerprint density at radius 2 is 2.11 bits per heavy atom. The van der Waals surface area contributed by atoms with Gasteiger partial charge >= 0.3 is 0 Å². The van der Waals surface area contributed by atoms with E-state index in [0.717, 1.165) is 23.9 Å². The average Bonchev–Trinajstić information content (AvgIpc) is 2.72. The van der Waals surface area contributed by atoms with Gasteiger partial charge in [0.25, 0.3) is 0 Å². The highest BCUT2D eigenvalue weighted by atomic mass is 32.1. The van der Waals surface area contributed by atoms with Crippen LogP contribution in [-0.4, -0.2) is 23.0 Å². The Labute approximate surface area is 114 Å². The van der Waals surface area contributed by atoms with E-state index in [0.29, 0.717) is 6.54 Å². The fourth-order valence-corrected chi connectivity index (χ4v) is 2.18. The number of thiazole rings is 1. The van der Waals surface area contributed by atoms with Crippen molar-refractivity contribution in [1.29, 1.82) is 0 Å². The summed E-state index contributed by atoms with van der Waals surface area (Å²) >= 11 is 1.74. The van der Waals surface area contributed by atoms with Crippen LogP contribution in [0.4, 0.5) is 0 Å². The number of guanidine groups is 1. The van der Waals surface area contributed by atoms with Crippen LogP contribution in [0.15, 0.2) is 11.2 Å². The molecule has 1 aromatic rings. The molecule has 1 aromatic heterocycles. The van der Waals surface area contributed by atoms with E-state index in [-0.39, 0.29) is 5.54 Å². The molecule has 0 spiro atoms. The topological polar surface area (TPSA) is 49.3 Å². The molecular weight excluding hydrogens is 244 g/mol. The minimum absolute atomic E-state index is 0.0124. The number of nitrogens with one attached hydrogen (secondary N) is 2. The second-order valence-electron chi connectivity index (χ2n) is 5.14. The molecular formula is C13H24N4S. The first-order valence-electron chi connectivity index (χ1n) is 6.44. The molecule has 102 valence electrons. The minimum Gasteiger partial charge on any atom is -0.357 e. The molecule has 0 aliphatic rings. The van der Waals surface area contributed by atoms with Gasteiger partial charge in [0.2, 0.25) is 0 Å². The van der Waals surface area contributed by atoms with Gasteiger partial charge < -0.3 is 10.6 Å². The van der Waals surface area contributed by atoms with Crippen LogP contribution in [0.1, 0.15) is 44.5 Å². The largest absolute Gasteiger partial charge is 0.357 e. The lowest BCUT2D eigenvalue weighted by Gasteiger charge is -2.23. The third-order valence-corrected chi connectivity index (χ3v) is 3.29. The summed E-state index contributed by atoms with van der Waals surface area (Å²) in [5, 5.41) is 7.68. The fourth-order valence-electron chi connectivity index (χ4n) is 1.39. The summed E-state index contributed by atoms with van der Waals surface area (Å²) in [5.41, 5.74) is 0.0124.